The molecule has 1 aliphatic heterocycles. The number of nitrogens with one attached hydrogen (secondary N) is 1. The highest BCUT2D eigenvalue weighted by Crippen LogP contribution is 2.26. The van der Waals surface area contributed by atoms with Crippen LogP contribution in [-0.4, -0.2) is 72.0 Å². The van der Waals surface area contributed by atoms with Gasteiger partial charge in [-0.05, 0) is 34.9 Å². The van der Waals surface area contributed by atoms with Gasteiger partial charge in [0.1, 0.15) is 18.0 Å². The Morgan fingerprint density at radius 2 is 1.92 bits per heavy atom. The van der Waals surface area contributed by atoms with Crippen molar-refractivity contribution in [3.8, 4) is 17.2 Å². The Bertz CT molecular complexity index is 1320. The number of carbonyl (C=O) groups excluding carboxylic acids is 1. The first-order valence-corrected chi connectivity index (χ1v) is 11.7. The van der Waals surface area contributed by atoms with E-state index >= 15 is 0 Å². The number of nitrogens with two attached hydrogens (primary N) is 1. The Morgan fingerprint density at radius 3 is 2.61 bits per heavy atom. The minimum absolute atomic E-state index is 0.0759. The minimum Gasteiger partial charge on any atom is -0.408 e. The number of halogens is 1. The first-order valence-electron chi connectivity index (χ1n) is 11.7. The molecule has 3 aromatic rings. The maximum Gasteiger partial charge on any atom is 0.419 e. The van der Waals surface area contributed by atoms with Gasteiger partial charge in [-0.2, -0.15) is 5.26 Å². The van der Waals surface area contributed by atoms with Crippen molar-refractivity contribution in [1.82, 2.24) is 14.8 Å². The molecule has 10 nitrogen and oxygen atoms in total. The Balaban J connectivity index is 1.52. The van der Waals surface area contributed by atoms with Crippen LogP contribution in [0, 0.1) is 17.1 Å². The summed E-state index contributed by atoms with van der Waals surface area (Å²) in [5.74, 6) is -1.77. The summed E-state index contributed by atoms with van der Waals surface area (Å²) in [6.07, 6.45) is -1.51. The molecule has 1 saturated heterocycles. The summed E-state index contributed by atoms with van der Waals surface area (Å²) in [6, 6.07) is 10.7. The van der Waals surface area contributed by atoms with E-state index < -0.39 is 29.6 Å². The summed E-state index contributed by atoms with van der Waals surface area (Å²) < 4.78 is 27.3. The van der Waals surface area contributed by atoms with E-state index in [2.05, 4.69) is 10.2 Å². The summed E-state index contributed by atoms with van der Waals surface area (Å²) in [4.78, 5) is 26.5. The average Bonchev–Trinajstić information content (AvgIpc) is 3.21. The van der Waals surface area contributed by atoms with Crippen molar-refractivity contribution in [3.63, 3.8) is 0 Å². The van der Waals surface area contributed by atoms with Crippen LogP contribution < -0.4 is 16.8 Å². The van der Waals surface area contributed by atoms with Crippen molar-refractivity contribution in [1.29, 1.82) is 5.26 Å². The fourth-order valence-corrected chi connectivity index (χ4v) is 4.14. The molecule has 0 aliphatic carbocycles. The molecule has 0 radical (unpaired) electrons. The van der Waals surface area contributed by atoms with E-state index in [9.17, 15) is 24.3 Å². The van der Waals surface area contributed by atoms with Gasteiger partial charge in [0.15, 0.2) is 5.58 Å². The molecule has 0 saturated carbocycles. The molecule has 0 bridgehead atoms. The summed E-state index contributed by atoms with van der Waals surface area (Å²) in [5, 5.41) is 21.2. The van der Waals surface area contributed by atoms with E-state index in [4.69, 9.17) is 14.9 Å². The lowest BCUT2D eigenvalue weighted by atomic mass is 10.00. The van der Waals surface area contributed by atoms with Gasteiger partial charge < -0.3 is 25.3 Å². The molecule has 190 valence electrons. The molecule has 1 aliphatic rings. The van der Waals surface area contributed by atoms with Crippen LogP contribution in [-0.2, 0) is 22.5 Å². The molecule has 36 heavy (non-hydrogen) atoms. The summed E-state index contributed by atoms with van der Waals surface area (Å²) in [6.45, 7) is 3.83. The maximum absolute atomic E-state index is 14.9. The molecular formula is C25H28FN5O5. The molecule has 1 aromatic heterocycles. The second-order valence-electron chi connectivity index (χ2n) is 8.61. The number of nitriles is 1. The third kappa shape index (κ3) is 5.80. The number of nitrogens with zero attached hydrogens (tertiary/aromatic N) is 3. The standard InChI is InChI=1S/C25H28FN5O5/c26-20-12-16(1-2-18(20)11-19(14-27)29-24(33)22(32)15-28)17-3-4-23-21(13-17)31(25(34)36-23)6-5-30-7-9-35-10-8-30/h1-4,12-13,19,22,32H,5-11,15,28H2,(H,29,33)/t19-,22-/m0/s1. The van der Waals surface area contributed by atoms with Gasteiger partial charge >= 0.3 is 5.76 Å². The number of rotatable bonds is 9. The van der Waals surface area contributed by atoms with Gasteiger partial charge in [0, 0.05) is 39.1 Å². The minimum atomic E-state index is -1.43. The SMILES string of the molecule is N#C[C@H](Cc1ccc(-c2ccc3oc(=O)n(CCN4CCOCC4)c3c2)cc1F)NC(=O)[C@@H](O)CN. The maximum atomic E-state index is 14.9. The lowest BCUT2D eigenvalue weighted by Gasteiger charge is -2.26. The van der Waals surface area contributed by atoms with Crippen LogP contribution in [0.25, 0.3) is 22.2 Å². The highest BCUT2D eigenvalue weighted by molar-refractivity contribution is 5.82. The van der Waals surface area contributed by atoms with E-state index in [1.807, 2.05) is 6.07 Å². The van der Waals surface area contributed by atoms with Crippen LogP contribution in [0.2, 0.25) is 0 Å². The first-order chi connectivity index (χ1) is 17.4. The van der Waals surface area contributed by atoms with Crippen molar-refractivity contribution < 1.29 is 23.4 Å². The van der Waals surface area contributed by atoms with Crippen LogP contribution in [0.5, 0.6) is 0 Å². The molecule has 4 rings (SSSR count). The highest BCUT2D eigenvalue weighted by Gasteiger charge is 2.20. The number of aromatic nitrogens is 1. The van der Waals surface area contributed by atoms with Gasteiger partial charge in [0.05, 0.1) is 24.8 Å². The zero-order valence-corrected chi connectivity index (χ0v) is 19.7. The second kappa shape index (κ2) is 11.5. The predicted molar refractivity (Wildman–Crippen MR) is 129 cm³/mol. The zero-order chi connectivity index (χ0) is 25.7. The molecule has 1 fully saturated rings. The zero-order valence-electron chi connectivity index (χ0n) is 19.7. The van der Waals surface area contributed by atoms with Gasteiger partial charge in [-0.1, -0.05) is 18.2 Å². The number of amides is 1. The summed E-state index contributed by atoms with van der Waals surface area (Å²) >= 11 is 0. The van der Waals surface area contributed by atoms with Crippen molar-refractivity contribution in [3.05, 3.63) is 58.3 Å². The van der Waals surface area contributed by atoms with Crippen LogP contribution in [0.15, 0.2) is 45.6 Å². The monoisotopic (exact) mass is 497 g/mol. The van der Waals surface area contributed by atoms with Gasteiger partial charge in [-0.3, -0.25) is 14.3 Å². The normalized spacial score (nSPS) is 15.9. The Labute approximate surface area is 206 Å². The van der Waals surface area contributed by atoms with Crippen LogP contribution in [0.1, 0.15) is 5.56 Å². The number of aliphatic hydroxyl groups excluding tert-OH is 1. The van der Waals surface area contributed by atoms with Crippen LogP contribution in [0.4, 0.5) is 4.39 Å². The van der Waals surface area contributed by atoms with E-state index in [0.29, 0.717) is 48.5 Å². The fraction of sp³-hybridized carbons (Fsp3) is 0.400. The van der Waals surface area contributed by atoms with E-state index in [1.165, 1.54) is 6.07 Å². The average molecular weight is 498 g/mol. The van der Waals surface area contributed by atoms with Gasteiger partial charge in [-0.25, -0.2) is 9.18 Å². The Hall–Kier alpha value is -3.56. The highest BCUT2D eigenvalue weighted by atomic mass is 19.1. The third-order valence-corrected chi connectivity index (χ3v) is 6.22. The van der Waals surface area contributed by atoms with Crippen LogP contribution in [0.3, 0.4) is 0 Å². The Kier molecular flexibility index (Phi) is 8.12. The number of oxazole rings is 1. The lowest BCUT2D eigenvalue weighted by Crippen LogP contribution is -2.44. The second-order valence-corrected chi connectivity index (χ2v) is 8.61. The van der Waals surface area contributed by atoms with Crippen molar-refractivity contribution in [2.24, 2.45) is 5.73 Å². The molecule has 2 aromatic carbocycles. The molecule has 4 N–H and O–H groups in total. The summed E-state index contributed by atoms with van der Waals surface area (Å²) in [7, 11) is 0. The van der Waals surface area contributed by atoms with Gasteiger partial charge in [-0.15, -0.1) is 0 Å². The summed E-state index contributed by atoms with van der Waals surface area (Å²) in [5.41, 5.74) is 7.85. The van der Waals surface area contributed by atoms with Gasteiger partial charge in [0.2, 0.25) is 0 Å². The fourth-order valence-electron chi connectivity index (χ4n) is 4.14. The quantitative estimate of drug-likeness (QED) is 0.390. The molecular weight excluding hydrogens is 469 g/mol. The van der Waals surface area contributed by atoms with E-state index in [1.54, 1.807) is 34.9 Å². The largest absolute Gasteiger partial charge is 0.419 e. The molecule has 2 atom stereocenters. The molecule has 2 heterocycles. The number of hydrogen-bond donors (Lipinski definition) is 3. The number of ether oxygens (including phenoxy) is 1. The molecule has 11 heteroatoms. The van der Waals surface area contributed by atoms with Crippen LogP contribution >= 0.6 is 0 Å². The lowest BCUT2D eigenvalue weighted by molar-refractivity contribution is -0.129. The van der Waals surface area contributed by atoms with Crippen molar-refractivity contribution in [2.45, 2.75) is 25.1 Å². The van der Waals surface area contributed by atoms with Gasteiger partial charge in [0.25, 0.3) is 5.91 Å². The smallest absolute Gasteiger partial charge is 0.408 e. The van der Waals surface area contributed by atoms with E-state index in [-0.39, 0.29) is 18.5 Å². The number of benzene rings is 2. The van der Waals surface area contributed by atoms with Crippen molar-refractivity contribution in [2.75, 3.05) is 39.4 Å². The number of hydrogen-bond acceptors (Lipinski definition) is 8. The first kappa shape index (κ1) is 25.5. The Morgan fingerprint density at radius 1 is 1.19 bits per heavy atom. The number of fused-ring (bicyclic) bond motifs is 1. The number of carbonyl (C=O) groups is 1. The molecule has 0 spiro atoms. The predicted octanol–water partition coefficient (Wildman–Crippen LogP) is 0.603. The number of morpholine rings is 1. The molecule has 0 unspecified atom stereocenters. The third-order valence-electron chi connectivity index (χ3n) is 6.22. The number of aliphatic hydroxyl groups is 1. The van der Waals surface area contributed by atoms with Crippen molar-refractivity contribution >= 4 is 17.0 Å². The van der Waals surface area contributed by atoms with E-state index in [0.717, 1.165) is 13.1 Å². The topological polar surface area (TPSA) is 147 Å². The molecule has 1 amide bonds.